The van der Waals surface area contributed by atoms with Gasteiger partial charge >= 0.3 is 0 Å². The fourth-order valence-corrected chi connectivity index (χ4v) is 3.17. The van der Waals surface area contributed by atoms with E-state index in [1.807, 2.05) is 6.20 Å². The van der Waals surface area contributed by atoms with Crippen molar-refractivity contribution in [3.63, 3.8) is 0 Å². The number of nitrogens with zero attached hydrogens (tertiary/aromatic N) is 2. The molecule has 5 heteroatoms. The highest BCUT2D eigenvalue weighted by Gasteiger charge is 2.01. The predicted octanol–water partition coefficient (Wildman–Crippen LogP) is 2.79. The number of imidazole rings is 1. The third-order valence-corrected chi connectivity index (χ3v) is 4.12. The van der Waals surface area contributed by atoms with Crippen molar-refractivity contribution >= 4 is 27.6 Å². The quantitative estimate of drug-likeness (QED) is 0.717. The molecule has 0 radical (unpaired) electrons. The van der Waals surface area contributed by atoms with Crippen LogP contribution in [0.25, 0.3) is 4.96 Å². The highest BCUT2D eigenvalue weighted by molar-refractivity contribution is 7.15. The molecule has 0 saturated heterocycles. The molecule has 0 saturated carbocycles. The third-order valence-electron chi connectivity index (χ3n) is 2.62. The lowest BCUT2D eigenvalue weighted by Gasteiger charge is -2.00. The smallest absolute Gasteiger partial charge is 0.193 e. The molecule has 3 heterocycles. The maximum atomic E-state index is 4.53. The van der Waals surface area contributed by atoms with Crippen LogP contribution in [0, 0.1) is 0 Å². The summed E-state index contributed by atoms with van der Waals surface area (Å²) in [6.45, 7) is 1.85. The van der Waals surface area contributed by atoms with E-state index in [1.165, 1.54) is 5.56 Å². The number of rotatable bonds is 5. The Bertz CT molecular complexity index is 551. The molecule has 0 spiro atoms. The van der Waals surface area contributed by atoms with Crippen LogP contribution >= 0.6 is 22.7 Å². The zero-order valence-electron chi connectivity index (χ0n) is 9.30. The fourth-order valence-electron chi connectivity index (χ4n) is 1.75. The summed E-state index contributed by atoms with van der Waals surface area (Å²) in [6.07, 6.45) is 5.22. The molecule has 3 nitrogen and oxygen atoms in total. The molecule has 0 amide bonds. The van der Waals surface area contributed by atoms with Crippen molar-refractivity contribution in [1.82, 2.24) is 14.7 Å². The lowest BCUT2D eigenvalue weighted by molar-refractivity contribution is 0.678. The van der Waals surface area contributed by atoms with Gasteiger partial charge in [0, 0.05) is 24.3 Å². The standard InChI is InChI=1S/C12H13N3S2/c1(10-2-5-16-9-10)3-13-7-11-8-15-4-6-17-12(15)14-11/h2,4-6,8-9,13H,1,3,7H2. The molecular weight excluding hydrogens is 250 g/mol. The van der Waals surface area contributed by atoms with E-state index < -0.39 is 0 Å². The van der Waals surface area contributed by atoms with Crippen LogP contribution in [0.15, 0.2) is 34.6 Å². The molecule has 0 aromatic carbocycles. The highest BCUT2D eigenvalue weighted by Crippen LogP contribution is 2.11. The molecule has 0 aliphatic rings. The van der Waals surface area contributed by atoms with Gasteiger partial charge in [0.2, 0.25) is 0 Å². The van der Waals surface area contributed by atoms with Gasteiger partial charge < -0.3 is 5.32 Å². The predicted molar refractivity (Wildman–Crippen MR) is 72.8 cm³/mol. The van der Waals surface area contributed by atoms with E-state index in [2.05, 4.69) is 43.1 Å². The minimum Gasteiger partial charge on any atom is -0.311 e. The molecule has 0 fully saturated rings. The van der Waals surface area contributed by atoms with Gasteiger partial charge in [-0.1, -0.05) is 0 Å². The molecule has 0 aliphatic heterocycles. The van der Waals surface area contributed by atoms with Crippen LogP contribution in [0.3, 0.4) is 0 Å². The van der Waals surface area contributed by atoms with E-state index in [4.69, 9.17) is 0 Å². The zero-order chi connectivity index (χ0) is 11.5. The van der Waals surface area contributed by atoms with Crippen molar-refractivity contribution in [1.29, 1.82) is 0 Å². The molecule has 1 N–H and O–H groups in total. The van der Waals surface area contributed by atoms with E-state index in [-0.39, 0.29) is 0 Å². The molecule has 3 aromatic rings. The third kappa shape index (κ3) is 2.57. The summed E-state index contributed by atoms with van der Waals surface area (Å²) in [5, 5.41) is 9.80. The topological polar surface area (TPSA) is 29.3 Å². The summed E-state index contributed by atoms with van der Waals surface area (Å²) < 4.78 is 2.07. The number of thiophene rings is 1. The van der Waals surface area contributed by atoms with Gasteiger partial charge in [0.05, 0.1) is 5.69 Å². The molecule has 88 valence electrons. The summed E-state index contributed by atoms with van der Waals surface area (Å²) in [6, 6.07) is 2.18. The Morgan fingerprint density at radius 3 is 3.18 bits per heavy atom. The Balaban J connectivity index is 1.49. The lowest BCUT2D eigenvalue weighted by atomic mass is 10.2. The van der Waals surface area contributed by atoms with Gasteiger partial charge in [0.1, 0.15) is 0 Å². The first-order valence-electron chi connectivity index (χ1n) is 5.55. The average molecular weight is 263 g/mol. The first-order valence-corrected chi connectivity index (χ1v) is 7.37. The second kappa shape index (κ2) is 5.00. The normalized spacial score (nSPS) is 11.3. The molecule has 0 bridgehead atoms. The van der Waals surface area contributed by atoms with Crippen molar-refractivity contribution < 1.29 is 0 Å². The van der Waals surface area contributed by atoms with Gasteiger partial charge in [0.15, 0.2) is 4.96 Å². The van der Waals surface area contributed by atoms with E-state index in [1.54, 1.807) is 22.7 Å². The van der Waals surface area contributed by atoms with Crippen molar-refractivity contribution in [3.05, 3.63) is 45.9 Å². The lowest BCUT2D eigenvalue weighted by Crippen LogP contribution is -2.16. The van der Waals surface area contributed by atoms with Crippen LogP contribution in [0.5, 0.6) is 0 Å². The Kier molecular flexibility index (Phi) is 3.22. The van der Waals surface area contributed by atoms with Crippen molar-refractivity contribution in [2.45, 2.75) is 13.0 Å². The molecular formula is C12H13N3S2. The van der Waals surface area contributed by atoms with Gasteiger partial charge in [-0.2, -0.15) is 11.3 Å². The number of nitrogens with one attached hydrogen (secondary N) is 1. The maximum absolute atomic E-state index is 4.53. The van der Waals surface area contributed by atoms with Gasteiger partial charge in [-0.25, -0.2) is 4.98 Å². The average Bonchev–Trinajstić information content (AvgIpc) is 3.00. The highest BCUT2D eigenvalue weighted by atomic mass is 32.1. The van der Waals surface area contributed by atoms with E-state index in [9.17, 15) is 0 Å². The van der Waals surface area contributed by atoms with Crippen LogP contribution in [0.4, 0.5) is 0 Å². The summed E-state index contributed by atoms with van der Waals surface area (Å²) in [4.78, 5) is 5.60. The maximum Gasteiger partial charge on any atom is 0.193 e. The van der Waals surface area contributed by atoms with Crippen LogP contribution in [0.2, 0.25) is 0 Å². The van der Waals surface area contributed by atoms with Gasteiger partial charge in [-0.15, -0.1) is 11.3 Å². The van der Waals surface area contributed by atoms with Crippen LogP contribution in [-0.2, 0) is 13.0 Å². The molecule has 3 rings (SSSR count). The molecule has 3 aromatic heterocycles. The first kappa shape index (κ1) is 11.0. The molecule has 0 unspecified atom stereocenters. The zero-order valence-corrected chi connectivity index (χ0v) is 10.9. The minimum absolute atomic E-state index is 0.846. The van der Waals surface area contributed by atoms with Gasteiger partial charge in [-0.3, -0.25) is 4.40 Å². The largest absolute Gasteiger partial charge is 0.311 e. The van der Waals surface area contributed by atoms with Crippen LogP contribution in [-0.4, -0.2) is 15.9 Å². The first-order chi connectivity index (χ1) is 8.42. The summed E-state index contributed by atoms with van der Waals surface area (Å²) >= 11 is 3.43. The van der Waals surface area contributed by atoms with Crippen molar-refractivity contribution in [2.24, 2.45) is 0 Å². The van der Waals surface area contributed by atoms with E-state index in [0.29, 0.717) is 0 Å². The number of hydrogen-bond donors (Lipinski definition) is 1. The number of thiazole rings is 1. The van der Waals surface area contributed by atoms with Gasteiger partial charge in [0.25, 0.3) is 0 Å². The second-order valence-electron chi connectivity index (χ2n) is 3.88. The monoisotopic (exact) mass is 263 g/mol. The molecule has 17 heavy (non-hydrogen) atoms. The fraction of sp³-hybridized carbons (Fsp3) is 0.250. The Morgan fingerprint density at radius 1 is 1.35 bits per heavy atom. The van der Waals surface area contributed by atoms with Crippen molar-refractivity contribution in [3.8, 4) is 0 Å². The SMILES string of the molecule is c1cc(CCNCc2cn3ccsc3n2)cs1. The second-order valence-corrected chi connectivity index (χ2v) is 5.54. The summed E-state index contributed by atoms with van der Waals surface area (Å²) in [5.74, 6) is 0. The van der Waals surface area contributed by atoms with Crippen molar-refractivity contribution in [2.75, 3.05) is 6.54 Å². The Labute approximate surface area is 108 Å². The summed E-state index contributed by atoms with van der Waals surface area (Å²) in [7, 11) is 0. The number of aromatic nitrogens is 2. The van der Waals surface area contributed by atoms with E-state index >= 15 is 0 Å². The van der Waals surface area contributed by atoms with Gasteiger partial charge in [-0.05, 0) is 35.4 Å². The number of fused-ring (bicyclic) bond motifs is 1. The minimum atomic E-state index is 0.846. The Hall–Kier alpha value is -1.17. The van der Waals surface area contributed by atoms with Crippen LogP contribution < -0.4 is 5.32 Å². The molecule has 0 aliphatic carbocycles. The molecule has 0 atom stereocenters. The van der Waals surface area contributed by atoms with E-state index in [0.717, 1.165) is 30.2 Å². The Morgan fingerprint density at radius 2 is 2.35 bits per heavy atom. The number of hydrogen-bond acceptors (Lipinski definition) is 4. The summed E-state index contributed by atoms with van der Waals surface area (Å²) in [5.41, 5.74) is 2.52. The van der Waals surface area contributed by atoms with Crippen LogP contribution in [0.1, 0.15) is 11.3 Å².